The van der Waals surface area contributed by atoms with E-state index in [0.717, 1.165) is 12.5 Å². The monoisotopic (exact) mass is 306 g/mol. The Labute approximate surface area is 131 Å². The van der Waals surface area contributed by atoms with Crippen LogP contribution in [-0.4, -0.2) is 23.9 Å². The van der Waals surface area contributed by atoms with Crippen molar-refractivity contribution >= 4 is 17.2 Å². The summed E-state index contributed by atoms with van der Waals surface area (Å²) < 4.78 is 0. The average Bonchev–Trinajstić information content (AvgIpc) is 3.07. The van der Waals surface area contributed by atoms with Crippen LogP contribution in [0, 0.1) is 18.8 Å². The zero-order valence-electron chi connectivity index (χ0n) is 13.1. The summed E-state index contributed by atoms with van der Waals surface area (Å²) in [5.41, 5.74) is 0. The van der Waals surface area contributed by atoms with E-state index in [2.05, 4.69) is 36.2 Å². The Morgan fingerprint density at radius 1 is 1.24 bits per heavy atom. The molecule has 2 heterocycles. The van der Waals surface area contributed by atoms with Gasteiger partial charge in [-0.05, 0) is 43.7 Å². The largest absolute Gasteiger partial charge is 0.321 e. The number of thiophene rings is 1. The molecule has 1 unspecified atom stereocenters. The lowest BCUT2D eigenvalue weighted by atomic mass is 9.80. The van der Waals surface area contributed by atoms with Crippen molar-refractivity contribution < 1.29 is 4.79 Å². The van der Waals surface area contributed by atoms with Gasteiger partial charge in [0.1, 0.15) is 6.17 Å². The van der Waals surface area contributed by atoms with Crippen LogP contribution in [0.15, 0.2) is 12.1 Å². The molecule has 1 atom stereocenters. The number of hydrogen-bond donors (Lipinski definition) is 1. The van der Waals surface area contributed by atoms with E-state index in [-0.39, 0.29) is 12.1 Å². The molecule has 0 aromatic carbocycles. The normalized spacial score (nSPS) is 30.1. The molecule has 1 aromatic rings. The fraction of sp³-hybridized carbons (Fsp3) is 0.706. The molecule has 1 aromatic heterocycles. The van der Waals surface area contributed by atoms with E-state index in [1.807, 2.05) is 0 Å². The van der Waals surface area contributed by atoms with Crippen LogP contribution in [0.5, 0.6) is 0 Å². The molecule has 1 saturated carbocycles. The van der Waals surface area contributed by atoms with Crippen LogP contribution >= 0.6 is 11.3 Å². The first-order chi connectivity index (χ1) is 10.2. The standard InChI is InChI=1S/C17H26N2OS/c1-3-13-5-7-14(8-6-13)11-19-16(20)10-18-17(19)15-9-4-12(2)21-15/h4,9,13-14,17-18H,3,5-8,10-11H2,1-2H3. The summed E-state index contributed by atoms with van der Waals surface area (Å²) in [5.74, 6) is 1.88. The highest BCUT2D eigenvalue weighted by molar-refractivity contribution is 7.12. The molecule has 116 valence electrons. The maximum absolute atomic E-state index is 12.2. The molecule has 1 N–H and O–H groups in total. The van der Waals surface area contributed by atoms with Crippen LogP contribution in [0.3, 0.4) is 0 Å². The quantitative estimate of drug-likeness (QED) is 0.920. The second-order valence-corrected chi connectivity index (χ2v) is 7.89. The van der Waals surface area contributed by atoms with Gasteiger partial charge in [-0.25, -0.2) is 0 Å². The molecule has 1 aliphatic carbocycles. The zero-order valence-corrected chi connectivity index (χ0v) is 13.9. The zero-order chi connectivity index (χ0) is 14.8. The maximum atomic E-state index is 12.2. The van der Waals surface area contributed by atoms with Gasteiger partial charge in [0.05, 0.1) is 6.54 Å². The van der Waals surface area contributed by atoms with E-state index in [1.54, 1.807) is 11.3 Å². The van der Waals surface area contributed by atoms with Gasteiger partial charge in [-0.2, -0.15) is 0 Å². The Balaban J connectivity index is 1.64. The molecule has 0 spiro atoms. The lowest BCUT2D eigenvalue weighted by Gasteiger charge is -2.32. The first-order valence-corrected chi connectivity index (χ1v) is 9.08. The van der Waals surface area contributed by atoms with Crippen molar-refractivity contribution in [2.45, 2.75) is 52.1 Å². The van der Waals surface area contributed by atoms with Crippen LogP contribution in [0.4, 0.5) is 0 Å². The van der Waals surface area contributed by atoms with Gasteiger partial charge in [0.25, 0.3) is 0 Å². The summed E-state index contributed by atoms with van der Waals surface area (Å²) in [6, 6.07) is 4.31. The van der Waals surface area contributed by atoms with E-state index >= 15 is 0 Å². The van der Waals surface area contributed by atoms with Gasteiger partial charge < -0.3 is 4.90 Å². The summed E-state index contributed by atoms with van der Waals surface area (Å²) in [7, 11) is 0. The summed E-state index contributed by atoms with van der Waals surface area (Å²) in [5, 5.41) is 3.38. The van der Waals surface area contributed by atoms with E-state index in [0.29, 0.717) is 12.5 Å². The Bertz CT molecular complexity index is 491. The van der Waals surface area contributed by atoms with Crippen molar-refractivity contribution in [3.8, 4) is 0 Å². The minimum absolute atomic E-state index is 0.111. The van der Waals surface area contributed by atoms with Crippen molar-refractivity contribution in [3.05, 3.63) is 21.9 Å². The van der Waals surface area contributed by atoms with Crippen LogP contribution in [0.25, 0.3) is 0 Å². The Hall–Kier alpha value is -0.870. The predicted octanol–water partition coefficient (Wildman–Crippen LogP) is 3.70. The van der Waals surface area contributed by atoms with Gasteiger partial charge in [-0.15, -0.1) is 11.3 Å². The first-order valence-electron chi connectivity index (χ1n) is 8.26. The van der Waals surface area contributed by atoms with Gasteiger partial charge >= 0.3 is 0 Å². The van der Waals surface area contributed by atoms with E-state index in [9.17, 15) is 4.79 Å². The van der Waals surface area contributed by atoms with Crippen LogP contribution in [-0.2, 0) is 4.79 Å². The Morgan fingerprint density at radius 2 is 1.95 bits per heavy atom. The molecule has 2 fully saturated rings. The number of amides is 1. The van der Waals surface area contributed by atoms with Crippen LogP contribution in [0.1, 0.15) is 54.9 Å². The topological polar surface area (TPSA) is 32.3 Å². The van der Waals surface area contributed by atoms with Gasteiger partial charge in [-0.1, -0.05) is 26.2 Å². The molecule has 1 saturated heterocycles. The van der Waals surface area contributed by atoms with Crippen molar-refractivity contribution in [2.24, 2.45) is 11.8 Å². The molecular weight excluding hydrogens is 280 g/mol. The van der Waals surface area contributed by atoms with Gasteiger partial charge in [-0.3, -0.25) is 10.1 Å². The second-order valence-electron chi connectivity index (χ2n) is 6.57. The lowest BCUT2D eigenvalue weighted by molar-refractivity contribution is -0.128. The van der Waals surface area contributed by atoms with E-state index < -0.39 is 0 Å². The van der Waals surface area contributed by atoms with Crippen LogP contribution in [0.2, 0.25) is 0 Å². The van der Waals surface area contributed by atoms with Gasteiger partial charge in [0.2, 0.25) is 5.91 Å². The fourth-order valence-electron chi connectivity index (χ4n) is 3.70. The summed E-state index contributed by atoms with van der Waals surface area (Å²) in [4.78, 5) is 16.9. The second kappa shape index (κ2) is 6.49. The molecule has 3 nitrogen and oxygen atoms in total. The van der Waals surface area contributed by atoms with Crippen molar-refractivity contribution in [3.63, 3.8) is 0 Å². The molecule has 3 rings (SSSR count). The van der Waals surface area contributed by atoms with Crippen LogP contribution < -0.4 is 5.32 Å². The molecule has 1 aliphatic heterocycles. The highest BCUT2D eigenvalue weighted by Gasteiger charge is 2.34. The van der Waals surface area contributed by atoms with Crippen molar-refractivity contribution in [1.29, 1.82) is 0 Å². The number of rotatable bonds is 4. The smallest absolute Gasteiger partial charge is 0.238 e. The first kappa shape index (κ1) is 15.0. The summed E-state index contributed by atoms with van der Waals surface area (Å²) in [6.07, 6.45) is 6.70. The average molecular weight is 306 g/mol. The summed E-state index contributed by atoms with van der Waals surface area (Å²) in [6.45, 7) is 5.85. The number of nitrogens with one attached hydrogen (secondary N) is 1. The lowest BCUT2D eigenvalue weighted by Crippen LogP contribution is -2.35. The molecule has 21 heavy (non-hydrogen) atoms. The molecule has 0 radical (unpaired) electrons. The maximum Gasteiger partial charge on any atom is 0.238 e. The fourth-order valence-corrected chi connectivity index (χ4v) is 4.67. The minimum atomic E-state index is 0.111. The number of carbonyl (C=O) groups is 1. The summed E-state index contributed by atoms with van der Waals surface area (Å²) >= 11 is 1.80. The number of carbonyl (C=O) groups excluding carboxylic acids is 1. The van der Waals surface area contributed by atoms with Gasteiger partial charge in [0.15, 0.2) is 0 Å². The third kappa shape index (κ3) is 3.32. The molecular formula is C17H26N2OS. The Morgan fingerprint density at radius 3 is 2.57 bits per heavy atom. The molecule has 2 aliphatic rings. The number of hydrogen-bond acceptors (Lipinski definition) is 3. The number of nitrogens with zero attached hydrogens (tertiary/aromatic N) is 1. The SMILES string of the molecule is CCC1CCC(CN2C(=O)CNC2c2ccc(C)s2)CC1. The molecule has 0 bridgehead atoms. The van der Waals surface area contributed by atoms with Gasteiger partial charge in [0, 0.05) is 16.3 Å². The highest BCUT2D eigenvalue weighted by atomic mass is 32.1. The highest BCUT2D eigenvalue weighted by Crippen LogP contribution is 2.34. The third-order valence-corrected chi connectivity index (χ3v) is 6.16. The Kier molecular flexibility index (Phi) is 4.65. The molecule has 1 amide bonds. The van der Waals surface area contributed by atoms with E-state index in [4.69, 9.17) is 0 Å². The van der Waals surface area contributed by atoms with Crippen molar-refractivity contribution in [1.82, 2.24) is 10.2 Å². The third-order valence-electron chi connectivity index (χ3n) is 5.11. The molecule has 4 heteroatoms. The predicted molar refractivity (Wildman–Crippen MR) is 87.3 cm³/mol. The minimum Gasteiger partial charge on any atom is -0.321 e. The van der Waals surface area contributed by atoms with Crippen molar-refractivity contribution in [2.75, 3.05) is 13.1 Å². The van der Waals surface area contributed by atoms with E-state index in [1.165, 1.54) is 41.9 Å². The number of aryl methyl sites for hydroxylation is 1.